The van der Waals surface area contributed by atoms with E-state index in [9.17, 15) is 4.79 Å². The van der Waals surface area contributed by atoms with Gasteiger partial charge in [-0.15, -0.1) is 0 Å². The van der Waals surface area contributed by atoms with Crippen LogP contribution in [0.25, 0.3) is 0 Å². The molecular weight excluding hydrogens is 200 g/mol. The summed E-state index contributed by atoms with van der Waals surface area (Å²) in [4.78, 5) is 10.8. The molecule has 0 rings (SSSR count). The second-order valence-electron chi connectivity index (χ2n) is 2.43. The Morgan fingerprint density at radius 3 is 2.31 bits per heavy atom. The Morgan fingerprint density at radius 2 is 1.92 bits per heavy atom. The second kappa shape index (κ2) is 6.30. The lowest BCUT2D eigenvalue weighted by molar-refractivity contribution is -0.141. The first-order valence-corrected chi connectivity index (χ1v) is 3.85. The number of carbonyl (C=O) groups excluding carboxylic acids is 1. The van der Waals surface area contributed by atoms with Crippen molar-refractivity contribution in [3.8, 4) is 0 Å². The van der Waals surface area contributed by atoms with Crippen molar-refractivity contribution in [2.24, 2.45) is 0 Å². The van der Waals surface area contributed by atoms with Gasteiger partial charge in [0, 0.05) is 0 Å². The lowest BCUT2D eigenvalue weighted by Crippen LogP contribution is -2.44. The number of aliphatic hydroxyl groups excluding tert-OH is 4. The SMILES string of the molecule is O=C(COS)[C@@H](O)[C@H](O)[C@H](O)CO. The molecule has 13 heavy (non-hydrogen) atoms. The minimum absolute atomic E-state index is 0.487. The average Bonchev–Trinajstić information content (AvgIpc) is 2.14. The van der Waals surface area contributed by atoms with Gasteiger partial charge in [0.05, 0.1) is 6.61 Å². The van der Waals surface area contributed by atoms with Crippen molar-refractivity contribution < 1.29 is 29.4 Å². The number of aliphatic hydroxyl groups is 4. The van der Waals surface area contributed by atoms with Crippen LogP contribution in [0.4, 0.5) is 0 Å². The van der Waals surface area contributed by atoms with Crippen LogP contribution in [0.2, 0.25) is 0 Å². The number of ketones is 1. The maximum Gasteiger partial charge on any atom is 0.190 e. The molecule has 0 aromatic carbocycles. The summed E-state index contributed by atoms with van der Waals surface area (Å²) in [5.41, 5.74) is 0. The number of hydrogen-bond donors (Lipinski definition) is 5. The first kappa shape index (κ1) is 12.8. The number of carbonyl (C=O) groups is 1. The van der Waals surface area contributed by atoms with Crippen LogP contribution >= 0.6 is 12.9 Å². The third kappa shape index (κ3) is 4.03. The minimum Gasteiger partial charge on any atom is -0.394 e. The zero-order valence-electron chi connectivity index (χ0n) is 6.70. The van der Waals surface area contributed by atoms with Gasteiger partial charge in [-0.3, -0.25) is 4.79 Å². The Bertz CT molecular complexity index is 163. The summed E-state index contributed by atoms with van der Waals surface area (Å²) in [5.74, 6) is -0.824. The molecule has 0 aromatic heterocycles. The normalized spacial score (nSPS) is 17.9. The molecule has 0 spiro atoms. The highest BCUT2D eigenvalue weighted by atomic mass is 32.1. The third-order valence-corrected chi connectivity index (χ3v) is 1.57. The molecule has 0 unspecified atom stereocenters. The van der Waals surface area contributed by atoms with Crippen molar-refractivity contribution in [2.45, 2.75) is 18.3 Å². The monoisotopic (exact) mass is 212 g/mol. The Morgan fingerprint density at radius 1 is 1.38 bits per heavy atom. The molecular formula is C6H12O6S. The van der Waals surface area contributed by atoms with Crippen LogP contribution in [0.3, 0.4) is 0 Å². The van der Waals surface area contributed by atoms with Gasteiger partial charge in [-0.05, 0) is 12.9 Å². The molecule has 0 fully saturated rings. The van der Waals surface area contributed by atoms with E-state index >= 15 is 0 Å². The maximum atomic E-state index is 10.8. The summed E-state index contributed by atoms with van der Waals surface area (Å²) < 4.78 is 4.12. The molecule has 0 aliphatic heterocycles. The quantitative estimate of drug-likeness (QED) is 0.246. The molecule has 0 heterocycles. The highest BCUT2D eigenvalue weighted by Gasteiger charge is 2.29. The first-order valence-electron chi connectivity index (χ1n) is 3.48. The fourth-order valence-electron chi connectivity index (χ4n) is 0.658. The fourth-order valence-corrected chi connectivity index (χ4v) is 0.785. The molecule has 0 amide bonds. The van der Waals surface area contributed by atoms with Crippen molar-refractivity contribution in [3.05, 3.63) is 0 Å². The largest absolute Gasteiger partial charge is 0.394 e. The summed E-state index contributed by atoms with van der Waals surface area (Å²) in [5, 5.41) is 35.3. The molecule has 3 atom stereocenters. The highest BCUT2D eigenvalue weighted by Crippen LogP contribution is 2.01. The predicted octanol–water partition coefficient (Wildman–Crippen LogP) is -2.51. The molecule has 0 saturated carbocycles. The molecule has 0 aliphatic rings. The Kier molecular flexibility index (Phi) is 6.21. The molecule has 0 aliphatic carbocycles. The maximum absolute atomic E-state index is 10.8. The van der Waals surface area contributed by atoms with E-state index in [4.69, 9.17) is 20.4 Å². The summed E-state index contributed by atoms with van der Waals surface area (Å²) in [6.45, 7) is -1.23. The van der Waals surface area contributed by atoms with Gasteiger partial charge in [0.2, 0.25) is 0 Å². The zero-order chi connectivity index (χ0) is 10.4. The van der Waals surface area contributed by atoms with Crippen LogP contribution in [0.15, 0.2) is 0 Å². The lowest BCUT2D eigenvalue weighted by atomic mass is 10.1. The average molecular weight is 212 g/mol. The van der Waals surface area contributed by atoms with Gasteiger partial charge in [0.25, 0.3) is 0 Å². The van der Waals surface area contributed by atoms with Gasteiger partial charge < -0.3 is 24.6 Å². The van der Waals surface area contributed by atoms with Crippen molar-refractivity contribution >= 4 is 18.7 Å². The number of thiol groups is 1. The van der Waals surface area contributed by atoms with Gasteiger partial charge >= 0.3 is 0 Å². The van der Waals surface area contributed by atoms with E-state index in [1.807, 2.05) is 0 Å². The molecule has 4 N–H and O–H groups in total. The zero-order valence-corrected chi connectivity index (χ0v) is 7.59. The first-order chi connectivity index (χ1) is 6.04. The van der Waals surface area contributed by atoms with E-state index in [1.54, 1.807) is 0 Å². The summed E-state index contributed by atoms with van der Waals surface area (Å²) in [6, 6.07) is 0. The molecule has 7 heteroatoms. The van der Waals surface area contributed by atoms with E-state index in [-0.39, 0.29) is 0 Å². The van der Waals surface area contributed by atoms with Crippen LogP contribution in [0.1, 0.15) is 0 Å². The predicted molar refractivity (Wildman–Crippen MR) is 45.1 cm³/mol. The van der Waals surface area contributed by atoms with Crippen molar-refractivity contribution in [1.82, 2.24) is 0 Å². The molecule has 78 valence electrons. The lowest BCUT2D eigenvalue weighted by Gasteiger charge is -2.19. The topological polar surface area (TPSA) is 107 Å². The summed E-state index contributed by atoms with van der Waals surface area (Å²) >= 11 is 3.27. The van der Waals surface area contributed by atoms with Gasteiger partial charge in [-0.25, -0.2) is 0 Å². The van der Waals surface area contributed by atoms with E-state index in [1.165, 1.54) is 0 Å². The molecule has 0 radical (unpaired) electrons. The van der Waals surface area contributed by atoms with E-state index in [2.05, 4.69) is 17.1 Å². The molecule has 0 aromatic rings. The third-order valence-electron chi connectivity index (χ3n) is 1.44. The van der Waals surface area contributed by atoms with E-state index in [0.717, 1.165) is 0 Å². The van der Waals surface area contributed by atoms with E-state index < -0.39 is 37.3 Å². The molecule has 0 saturated heterocycles. The second-order valence-corrected chi connectivity index (χ2v) is 2.68. The van der Waals surface area contributed by atoms with Crippen LogP contribution in [0, 0.1) is 0 Å². The summed E-state index contributed by atoms with van der Waals surface area (Å²) in [7, 11) is 0. The van der Waals surface area contributed by atoms with Crippen LogP contribution in [-0.4, -0.2) is 57.7 Å². The Labute approximate surface area is 80.4 Å². The Balaban J connectivity index is 4.07. The van der Waals surface area contributed by atoms with Crippen LogP contribution < -0.4 is 0 Å². The van der Waals surface area contributed by atoms with Gasteiger partial charge in [0.1, 0.15) is 24.9 Å². The van der Waals surface area contributed by atoms with E-state index in [0.29, 0.717) is 0 Å². The van der Waals surface area contributed by atoms with Gasteiger partial charge in [-0.2, -0.15) is 0 Å². The van der Waals surface area contributed by atoms with Crippen molar-refractivity contribution in [2.75, 3.05) is 13.2 Å². The number of Topliss-reactive ketones (excluding diaryl/α,β-unsaturated/α-hetero) is 1. The number of hydrogen-bond acceptors (Lipinski definition) is 7. The van der Waals surface area contributed by atoms with Gasteiger partial charge in [-0.1, -0.05) is 0 Å². The standard InChI is InChI=1S/C6H12O6S/c7-1-3(8)5(10)6(11)4(9)2-12-13/h3,5-8,10-11,13H,1-2H2/t3-,5-,6-/m1/s1. The Hall–Kier alpha value is -0.180. The smallest absolute Gasteiger partial charge is 0.190 e. The molecule has 6 nitrogen and oxygen atoms in total. The number of rotatable bonds is 6. The highest BCUT2D eigenvalue weighted by molar-refractivity contribution is 7.75. The van der Waals surface area contributed by atoms with Crippen LogP contribution in [0.5, 0.6) is 0 Å². The molecule has 0 bridgehead atoms. The van der Waals surface area contributed by atoms with Gasteiger partial charge in [0.15, 0.2) is 5.78 Å². The fraction of sp³-hybridized carbons (Fsp3) is 0.833. The summed E-state index contributed by atoms with van der Waals surface area (Å²) in [6.07, 6.45) is -5.06. The minimum atomic E-state index is -1.78. The van der Waals surface area contributed by atoms with Crippen molar-refractivity contribution in [1.29, 1.82) is 0 Å². The van der Waals surface area contributed by atoms with Crippen molar-refractivity contribution in [3.63, 3.8) is 0 Å². The van der Waals surface area contributed by atoms with Crippen LogP contribution in [-0.2, 0) is 8.98 Å².